The van der Waals surface area contributed by atoms with Crippen molar-refractivity contribution in [3.8, 4) is 17.0 Å². The molecule has 0 spiro atoms. The fourth-order valence-corrected chi connectivity index (χ4v) is 5.16. The van der Waals surface area contributed by atoms with Crippen molar-refractivity contribution in [1.82, 2.24) is 4.98 Å². The Morgan fingerprint density at radius 1 is 1.19 bits per heavy atom. The third kappa shape index (κ3) is 2.96. The summed E-state index contributed by atoms with van der Waals surface area (Å²) in [4.78, 5) is 28.8. The lowest BCUT2D eigenvalue weighted by molar-refractivity contribution is -0.148. The predicted molar refractivity (Wildman–Crippen MR) is 98.2 cm³/mol. The van der Waals surface area contributed by atoms with E-state index in [2.05, 4.69) is 10.3 Å². The van der Waals surface area contributed by atoms with E-state index in [9.17, 15) is 14.7 Å². The first kappa shape index (κ1) is 17.0. The average Bonchev–Trinajstić information content (AvgIpc) is 3.37. The maximum Gasteiger partial charge on any atom is 0.307 e. The largest absolute Gasteiger partial charge is 0.497 e. The van der Waals surface area contributed by atoms with Crippen LogP contribution in [0.5, 0.6) is 5.75 Å². The number of thiazole rings is 1. The predicted octanol–water partition coefficient (Wildman–Crippen LogP) is 3.50. The van der Waals surface area contributed by atoms with Crippen molar-refractivity contribution in [2.45, 2.75) is 19.3 Å². The van der Waals surface area contributed by atoms with Gasteiger partial charge in [-0.05, 0) is 55.4 Å². The quantitative estimate of drug-likeness (QED) is 0.838. The summed E-state index contributed by atoms with van der Waals surface area (Å²) in [6.45, 7) is 0. The minimum Gasteiger partial charge on any atom is -0.497 e. The van der Waals surface area contributed by atoms with Crippen LogP contribution in [-0.2, 0) is 9.59 Å². The van der Waals surface area contributed by atoms with Crippen LogP contribution in [0.1, 0.15) is 19.3 Å². The number of nitrogens with zero attached hydrogens (tertiary/aromatic N) is 1. The molecule has 1 aromatic carbocycles. The van der Waals surface area contributed by atoms with Crippen LogP contribution in [0.2, 0.25) is 0 Å². The number of methoxy groups -OCH3 is 1. The molecule has 1 aromatic heterocycles. The van der Waals surface area contributed by atoms with Gasteiger partial charge in [-0.1, -0.05) is 0 Å². The van der Waals surface area contributed by atoms with Crippen molar-refractivity contribution in [1.29, 1.82) is 0 Å². The van der Waals surface area contributed by atoms with E-state index in [0.29, 0.717) is 5.13 Å². The number of ether oxygens (including phenoxy) is 1. The van der Waals surface area contributed by atoms with Gasteiger partial charge in [0.05, 0.1) is 24.6 Å². The lowest BCUT2D eigenvalue weighted by atomic mass is 9.79. The molecule has 0 unspecified atom stereocenters. The van der Waals surface area contributed by atoms with Crippen molar-refractivity contribution >= 4 is 28.3 Å². The Morgan fingerprint density at radius 3 is 2.54 bits per heavy atom. The van der Waals surface area contributed by atoms with Crippen LogP contribution in [0, 0.1) is 23.7 Å². The Morgan fingerprint density at radius 2 is 1.88 bits per heavy atom. The van der Waals surface area contributed by atoms with Crippen LogP contribution in [0.15, 0.2) is 29.6 Å². The number of amides is 1. The maximum absolute atomic E-state index is 12.7. The average molecular weight is 372 g/mol. The monoisotopic (exact) mass is 372 g/mol. The number of hydrogen-bond acceptors (Lipinski definition) is 5. The molecule has 2 aliphatic rings. The van der Waals surface area contributed by atoms with Crippen LogP contribution in [0.25, 0.3) is 11.3 Å². The molecule has 4 atom stereocenters. The fraction of sp³-hybridized carbons (Fsp3) is 0.421. The normalized spacial score (nSPS) is 26.7. The first-order chi connectivity index (χ1) is 12.6. The molecule has 2 saturated carbocycles. The number of carboxylic acid groups (broad SMARTS) is 1. The molecule has 0 radical (unpaired) electrons. The van der Waals surface area contributed by atoms with E-state index in [0.717, 1.165) is 36.3 Å². The second-order valence-corrected chi connectivity index (χ2v) is 7.84. The number of nitrogens with one attached hydrogen (secondary N) is 1. The molecule has 6 nitrogen and oxygen atoms in total. The van der Waals surface area contributed by atoms with Gasteiger partial charge in [0.1, 0.15) is 5.75 Å². The number of rotatable bonds is 5. The zero-order chi connectivity index (χ0) is 18.3. The van der Waals surface area contributed by atoms with E-state index in [4.69, 9.17) is 4.74 Å². The third-order valence-corrected chi connectivity index (χ3v) is 6.38. The highest BCUT2D eigenvalue weighted by Gasteiger charge is 2.54. The zero-order valence-electron chi connectivity index (χ0n) is 14.3. The van der Waals surface area contributed by atoms with E-state index in [1.165, 1.54) is 11.3 Å². The van der Waals surface area contributed by atoms with Gasteiger partial charge >= 0.3 is 5.97 Å². The molecule has 1 amide bonds. The van der Waals surface area contributed by atoms with Gasteiger partial charge in [-0.15, -0.1) is 11.3 Å². The third-order valence-electron chi connectivity index (χ3n) is 5.62. The molecular weight excluding hydrogens is 352 g/mol. The second-order valence-electron chi connectivity index (χ2n) is 6.98. The molecule has 2 fully saturated rings. The smallest absolute Gasteiger partial charge is 0.307 e. The summed E-state index contributed by atoms with van der Waals surface area (Å²) in [6.07, 6.45) is 2.72. The number of fused-ring (bicyclic) bond motifs is 2. The summed E-state index contributed by atoms with van der Waals surface area (Å²) in [5, 5.41) is 14.7. The Bertz CT molecular complexity index is 832. The minimum atomic E-state index is -0.851. The standard InChI is InChI=1S/C19H20N2O4S/c1-25-13-6-4-10(5-7-13)14-9-26-19(20-14)21-17(22)15-11-2-3-12(8-11)16(15)18(23)24/h4-7,9,11-12,15-16H,2-3,8H2,1H3,(H,23,24)(H,20,21,22)/t11-,12-,15-,16-/m0/s1. The first-order valence-electron chi connectivity index (χ1n) is 8.70. The van der Waals surface area contributed by atoms with Crippen molar-refractivity contribution < 1.29 is 19.4 Å². The molecule has 2 aromatic rings. The van der Waals surface area contributed by atoms with Crippen LogP contribution in [-0.4, -0.2) is 29.1 Å². The first-order valence-corrected chi connectivity index (χ1v) is 9.58. The topological polar surface area (TPSA) is 88.5 Å². The van der Waals surface area contributed by atoms with Crippen molar-refractivity contribution in [2.75, 3.05) is 12.4 Å². The Hall–Kier alpha value is -2.41. The van der Waals surface area contributed by atoms with Gasteiger partial charge in [-0.2, -0.15) is 0 Å². The molecule has 2 N–H and O–H groups in total. The number of aliphatic carboxylic acids is 1. The minimum absolute atomic E-state index is 0.138. The van der Waals surface area contributed by atoms with E-state index < -0.39 is 17.8 Å². The van der Waals surface area contributed by atoms with Crippen LogP contribution in [0.4, 0.5) is 5.13 Å². The summed E-state index contributed by atoms with van der Waals surface area (Å²) in [5.74, 6) is -0.972. The number of carbonyl (C=O) groups is 2. The molecule has 1 heterocycles. The number of benzene rings is 1. The SMILES string of the molecule is COc1ccc(-c2csc(NC(=O)[C@H]3[C@H]4CC[C@@H](C4)[C@@H]3C(=O)O)n2)cc1. The van der Waals surface area contributed by atoms with E-state index in [1.807, 2.05) is 29.6 Å². The number of hydrogen-bond donors (Lipinski definition) is 2. The number of carbonyl (C=O) groups excluding carboxylic acids is 1. The Kier molecular flexibility index (Phi) is 4.40. The lowest BCUT2D eigenvalue weighted by Gasteiger charge is -2.26. The van der Waals surface area contributed by atoms with Crippen LogP contribution < -0.4 is 10.1 Å². The summed E-state index contributed by atoms with van der Waals surface area (Å²) in [5.41, 5.74) is 1.71. The molecule has 136 valence electrons. The zero-order valence-corrected chi connectivity index (χ0v) is 15.2. The van der Waals surface area contributed by atoms with E-state index in [-0.39, 0.29) is 17.7 Å². The molecule has 2 bridgehead atoms. The van der Waals surface area contributed by atoms with Gasteiger partial charge in [0.15, 0.2) is 5.13 Å². The number of carboxylic acids is 1. The van der Waals surface area contributed by atoms with Gasteiger partial charge in [-0.25, -0.2) is 4.98 Å². The van der Waals surface area contributed by atoms with E-state index in [1.54, 1.807) is 7.11 Å². The molecule has 7 heteroatoms. The summed E-state index contributed by atoms with van der Waals surface area (Å²) in [6, 6.07) is 7.55. The lowest BCUT2D eigenvalue weighted by Crippen LogP contribution is -2.37. The molecule has 26 heavy (non-hydrogen) atoms. The van der Waals surface area contributed by atoms with Gasteiger partial charge in [0.25, 0.3) is 0 Å². The van der Waals surface area contributed by atoms with Crippen LogP contribution in [0.3, 0.4) is 0 Å². The highest BCUT2D eigenvalue weighted by molar-refractivity contribution is 7.14. The highest BCUT2D eigenvalue weighted by atomic mass is 32.1. The highest BCUT2D eigenvalue weighted by Crippen LogP contribution is 2.52. The Labute approximate surface area is 155 Å². The van der Waals surface area contributed by atoms with Crippen molar-refractivity contribution in [3.63, 3.8) is 0 Å². The van der Waals surface area contributed by atoms with Crippen LogP contribution >= 0.6 is 11.3 Å². The molecule has 2 aliphatic carbocycles. The van der Waals surface area contributed by atoms with Crippen molar-refractivity contribution in [2.24, 2.45) is 23.7 Å². The van der Waals surface area contributed by atoms with E-state index >= 15 is 0 Å². The van der Waals surface area contributed by atoms with Gasteiger partial charge in [0, 0.05) is 10.9 Å². The molecule has 0 aliphatic heterocycles. The molecular formula is C19H20N2O4S. The second kappa shape index (κ2) is 6.72. The molecule has 0 saturated heterocycles. The molecule has 4 rings (SSSR count). The summed E-state index contributed by atoms with van der Waals surface area (Å²) in [7, 11) is 1.62. The maximum atomic E-state index is 12.7. The van der Waals surface area contributed by atoms with Gasteiger partial charge in [-0.3, -0.25) is 9.59 Å². The number of aromatic nitrogens is 1. The Balaban J connectivity index is 1.48. The summed E-state index contributed by atoms with van der Waals surface area (Å²) >= 11 is 1.35. The summed E-state index contributed by atoms with van der Waals surface area (Å²) < 4.78 is 5.15. The van der Waals surface area contributed by atoms with Gasteiger partial charge < -0.3 is 15.2 Å². The van der Waals surface area contributed by atoms with Crippen molar-refractivity contribution in [3.05, 3.63) is 29.6 Å². The fourth-order valence-electron chi connectivity index (χ4n) is 4.44. The van der Waals surface area contributed by atoms with Gasteiger partial charge in [0.2, 0.25) is 5.91 Å². The number of anilines is 1.